The minimum Gasteiger partial charge on any atom is -0.459 e. The van der Waals surface area contributed by atoms with E-state index >= 15 is 0 Å². The average Bonchev–Trinajstić information content (AvgIpc) is 2.56. The third kappa shape index (κ3) is 4.72. The van der Waals surface area contributed by atoms with Gasteiger partial charge in [0.15, 0.2) is 0 Å². The van der Waals surface area contributed by atoms with Crippen LogP contribution in [0.1, 0.15) is 58.8 Å². The molecule has 9 nitrogen and oxygen atoms in total. The quantitative estimate of drug-likeness (QED) is 0.512. The number of esters is 2. The SMILES string of the molecule is CCC(C)C(=O)OC12CC3CC(C1)CC(OC(=O)C(F)(F)S(=O)(=O)NS(C)(=O)=O)(C3)C2. The highest BCUT2D eigenvalue weighted by Crippen LogP contribution is 2.60. The molecule has 4 rings (SSSR count). The Morgan fingerprint density at radius 1 is 1.06 bits per heavy atom. The third-order valence-electron chi connectivity index (χ3n) is 6.43. The van der Waals surface area contributed by atoms with E-state index in [1.165, 1.54) is 0 Å². The molecule has 3 atom stereocenters. The molecule has 0 aliphatic heterocycles. The van der Waals surface area contributed by atoms with E-state index in [0.717, 1.165) is 10.5 Å². The zero-order valence-electron chi connectivity index (χ0n) is 17.5. The predicted molar refractivity (Wildman–Crippen MR) is 104 cm³/mol. The Kier molecular flexibility index (Phi) is 5.97. The first-order valence-corrected chi connectivity index (χ1v) is 13.5. The van der Waals surface area contributed by atoms with Gasteiger partial charge in [-0.2, -0.15) is 8.78 Å². The molecule has 0 radical (unpaired) electrons. The van der Waals surface area contributed by atoms with E-state index in [1.54, 1.807) is 6.92 Å². The molecule has 31 heavy (non-hydrogen) atoms. The van der Waals surface area contributed by atoms with Crippen molar-refractivity contribution in [3.8, 4) is 0 Å². The summed E-state index contributed by atoms with van der Waals surface area (Å²) in [5, 5.41) is -5.11. The van der Waals surface area contributed by atoms with Crippen molar-refractivity contribution >= 4 is 32.0 Å². The zero-order valence-corrected chi connectivity index (χ0v) is 19.2. The summed E-state index contributed by atoms with van der Waals surface area (Å²) < 4.78 is 86.4. The number of rotatable bonds is 8. The minimum atomic E-state index is -5.88. The number of ether oxygens (including phenoxy) is 2. The van der Waals surface area contributed by atoms with Gasteiger partial charge in [-0.25, -0.2) is 21.6 Å². The van der Waals surface area contributed by atoms with Crippen molar-refractivity contribution < 1.29 is 44.7 Å². The van der Waals surface area contributed by atoms with Gasteiger partial charge in [0, 0.05) is 6.42 Å². The van der Waals surface area contributed by atoms with Gasteiger partial charge in [-0.05, 0) is 50.4 Å². The molecule has 13 heteroatoms. The second-order valence-corrected chi connectivity index (χ2v) is 13.1. The molecule has 4 bridgehead atoms. The van der Waals surface area contributed by atoms with Gasteiger partial charge in [0.1, 0.15) is 11.2 Å². The van der Waals surface area contributed by atoms with Crippen LogP contribution < -0.4 is 4.13 Å². The van der Waals surface area contributed by atoms with Crippen molar-refractivity contribution in [2.24, 2.45) is 17.8 Å². The molecule has 3 unspecified atom stereocenters. The molecule has 0 saturated heterocycles. The number of nitrogens with one attached hydrogen (secondary N) is 1. The summed E-state index contributed by atoms with van der Waals surface area (Å²) in [6.45, 7) is 3.56. The molecular formula is C18H27F2NO8S2. The number of carbonyl (C=O) groups excluding carboxylic acids is 2. The fraction of sp³-hybridized carbons (Fsp3) is 0.889. The highest BCUT2D eigenvalue weighted by molar-refractivity contribution is 8.05. The molecule has 0 heterocycles. The van der Waals surface area contributed by atoms with Crippen molar-refractivity contribution in [3.05, 3.63) is 0 Å². The van der Waals surface area contributed by atoms with Crippen molar-refractivity contribution in [2.75, 3.05) is 6.26 Å². The summed E-state index contributed by atoms with van der Waals surface area (Å²) >= 11 is 0. The molecule has 0 aromatic rings. The molecule has 0 aromatic carbocycles. The lowest BCUT2D eigenvalue weighted by molar-refractivity contribution is -0.238. The van der Waals surface area contributed by atoms with Gasteiger partial charge in [-0.1, -0.05) is 13.8 Å². The molecule has 0 amide bonds. The van der Waals surface area contributed by atoms with E-state index in [9.17, 15) is 35.2 Å². The van der Waals surface area contributed by atoms with Gasteiger partial charge < -0.3 is 9.47 Å². The maximum atomic E-state index is 14.4. The Morgan fingerprint density at radius 2 is 1.55 bits per heavy atom. The monoisotopic (exact) mass is 487 g/mol. The Balaban J connectivity index is 1.83. The van der Waals surface area contributed by atoms with E-state index < -0.39 is 48.4 Å². The van der Waals surface area contributed by atoms with E-state index in [1.807, 2.05) is 6.92 Å². The van der Waals surface area contributed by atoms with E-state index in [4.69, 9.17) is 9.47 Å². The van der Waals surface area contributed by atoms with Crippen molar-refractivity contribution in [2.45, 2.75) is 75.2 Å². The van der Waals surface area contributed by atoms with Gasteiger partial charge in [0.05, 0.1) is 12.2 Å². The first-order valence-electron chi connectivity index (χ1n) is 10.1. The van der Waals surface area contributed by atoms with Crippen molar-refractivity contribution in [1.82, 2.24) is 4.13 Å². The molecule has 178 valence electrons. The summed E-state index contributed by atoms with van der Waals surface area (Å²) in [4.78, 5) is 24.7. The predicted octanol–water partition coefficient (Wildman–Crippen LogP) is 1.68. The summed E-state index contributed by atoms with van der Waals surface area (Å²) in [5.74, 6) is -3.12. The summed E-state index contributed by atoms with van der Waals surface area (Å²) in [7, 11) is -10.4. The molecule has 4 saturated carbocycles. The molecule has 4 aliphatic carbocycles. The molecule has 1 N–H and O–H groups in total. The number of hydrogen-bond acceptors (Lipinski definition) is 8. The molecular weight excluding hydrogens is 460 g/mol. The fourth-order valence-electron chi connectivity index (χ4n) is 5.43. The number of alkyl halides is 2. The van der Waals surface area contributed by atoms with Crippen LogP contribution in [0.4, 0.5) is 8.78 Å². The number of carbonyl (C=O) groups is 2. The highest BCUT2D eigenvalue weighted by Gasteiger charge is 2.64. The second kappa shape index (κ2) is 7.62. The summed E-state index contributed by atoms with van der Waals surface area (Å²) in [6, 6.07) is 0. The van der Waals surface area contributed by atoms with Gasteiger partial charge in [0.2, 0.25) is 10.0 Å². The molecule has 0 aromatic heterocycles. The van der Waals surface area contributed by atoms with Crippen LogP contribution in [0.2, 0.25) is 0 Å². The topological polar surface area (TPSA) is 133 Å². The van der Waals surface area contributed by atoms with Gasteiger partial charge in [0.25, 0.3) is 0 Å². The van der Waals surface area contributed by atoms with Crippen LogP contribution in [0.5, 0.6) is 0 Å². The van der Waals surface area contributed by atoms with Crippen LogP contribution in [0.15, 0.2) is 0 Å². The number of hydrogen-bond donors (Lipinski definition) is 1. The zero-order chi connectivity index (χ0) is 23.5. The number of halogens is 2. The van der Waals surface area contributed by atoms with Crippen LogP contribution in [0.25, 0.3) is 0 Å². The van der Waals surface area contributed by atoms with Crippen LogP contribution in [-0.2, 0) is 39.1 Å². The first-order chi connectivity index (χ1) is 14.0. The average molecular weight is 488 g/mol. The standard InChI is InChI=1S/C18H27F2NO8S2/c1-4-11(2)14(22)28-16-6-12-5-13(7-16)9-17(8-12,10-16)29-15(23)18(19,20)31(26,27)21-30(3,24)25/h11-13,21H,4-10H2,1-3H3. The van der Waals surface area contributed by atoms with Crippen LogP contribution in [-0.4, -0.2) is 51.5 Å². The van der Waals surface area contributed by atoms with Crippen molar-refractivity contribution in [3.63, 3.8) is 0 Å². The van der Waals surface area contributed by atoms with E-state index in [2.05, 4.69) is 0 Å². The Morgan fingerprint density at radius 3 is 2.00 bits per heavy atom. The lowest BCUT2D eigenvalue weighted by Gasteiger charge is -2.60. The van der Waals surface area contributed by atoms with Gasteiger partial charge in [-0.3, -0.25) is 4.79 Å². The summed E-state index contributed by atoms with van der Waals surface area (Å²) in [6.07, 6.45) is 3.33. The van der Waals surface area contributed by atoms with Gasteiger partial charge >= 0.3 is 27.2 Å². The van der Waals surface area contributed by atoms with Gasteiger partial charge in [-0.15, -0.1) is 4.13 Å². The smallest absolute Gasteiger partial charge is 0.455 e. The van der Waals surface area contributed by atoms with Crippen LogP contribution in [0.3, 0.4) is 0 Å². The maximum absolute atomic E-state index is 14.4. The Bertz CT molecular complexity index is 965. The second-order valence-electron chi connectivity index (χ2n) is 9.32. The summed E-state index contributed by atoms with van der Waals surface area (Å²) in [5.41, 5.74) is -2.33. The lowest BCUT2D eigenvalue weighted by atomic mass is 9.52. The lowest BCUT2D eigenvalue weighted by Crippen LogP contribution is -2.63. The Labute approximate surface area is 180 Å². The van der Waals surface area contributed by atoms with E-state index in [0.29, 0.717) is 25.5 Å². The molecule has 4 fully saturated rings. The largest absolute Gasteiger partial charge is 0.459 e. The third-order valence-corrected chi connectivity index (χ3v) is 9.36. The highest BCUT2D eigenvalue weighted by atomic mass is 32.3. The van der Waals surface area contributed by atoms with Crippen molar-refractivity contribution in [1.29, 1.82) is 0 Å². The maximum Gasteiger partial charge on any atom is 0.455 e. The fourth-order valence-corrected chi connectivity index (χ4v) is 7.71. The molecule has 0 spiro atoms. The molecule has 4 aliphatic rings. The first kappa shape index (κ1) is 24.3. The van der Waals surface area contributed by atoms with Crippen LogP contribution in [0, 0.1) is 17.8 Å². The Hall–Kier alpha value is -1.34. The van der Waals surface area contributed by atoms with Crippen LogP contribution >= 0.6 is 0 Å². The minimum absolute atomic E-state index is 0.0105. The van der Waals surface area contributed by atoms with E-state index in [-0.39, 0.29) is 37.0 Å². The normalized spacial score (nSPS) is 33.7. The number of sulfonamides is 2.